The van der Waals surface area contributed by atoms with Crippen molar-refractivity contribution < 1.29 is 14.3 Å². The lowest BCUT2D eigenvalue weighted by molar-refractivity contribution is 0.0692. The van der Waals surface area contributed by atoms with Crippen LogP contribution in [0.3, 0.4) is 0 Å². The number of imidazole rings is 1. The first-order valence-electron chi connectivity index (χ1n) is 6.85. The lowest BCUT2D eigenvalue weighted by atomic mass is 10.1. The molecule has 1 aromatic carbocycles. The maximum absolute atomic E-state index is 13.4. The number of fused-ring (bicyclic) bond motifs is 1. The molecule has 2 aromatic heterocycles. The standard InChI is InChI=1S/C16H13FN4O2/c1-9-3-5-12(10(2)7-9)19-20-15-14(16(22)23)18-13-6-4-11(17)8-21(13)15/h3-8H,1-2H3,(H,22,23). The third kappa shape index (κ3) is 2.80. The van der Waals surface area contributed by atoms with Crippen LogP contribution in [0, 0.1) is 19.7 Å². The number of azo groups is 1. The highest BCUT2D eigenvalue weighted by molar-refractivity contribution is 5.91. The molecule has 0 aliphatic carbocycles. The zero-order valence-electron chi connectivity index (χ0n) is 12.5. The van der Waals surface area contributed by atoms with Crippen molar-refractivity contribution in [2.75, 3.05) is 0 Å². The maximum Gasteiger partial charge on any atom is 0.358 e. The normalized spacial score (nSPS) is 11.4. The van der Waals surface area contributed by atoms with Crippen LogP contribution in [0.1, 0.15) is 21.6 Å². The summed E-state index contributed by atoms with van der Waals surface area (Å²) >= 11 is 0. The van der Waals surface area contributed by atoms with Crippen molar-refractivity contribution in [2.24, 2.45) is 10.2 Å². The van der Waals surface area contributed by atoms with E-state index in [2.05, 4.69) is 15.2 Å². The van der Waals surface area contributed by atoms with Gasteiger partial charge in [0.15, 0.2) is 11.5 Å². The second-order valence-electron chi connectivity index (χ2n) is 5.15. The molecule has 0 amide bonds. The summed E-state index contributed by atoms with van der Waals surface area (Å²) in [6, 6.07) is 8.21. The number of carboxylic acid groups (broad SMARTS) is 1. The van der Waals surface area contributed by atoms with Gasteiger partial charge in [-0.1, -0.05) is 17.7 Å². The average Bonchev–Trinajstić information content (AvgIpc) is 2.84. The van der Waals surface area contributed by atoms with Gasteiger partial charge in [-0.05, 0) is 37.6 Å². The minimum atomic E-state index is -1.25. The van der Waals surface area contributed by atoms with Crippen LogP contribution in [-0.4, -0.2) is 20.5 Å². The summed E-state index contributed by atoms with van der Waals surface area (Å²) in [4.78, 5) is 15.3. The minimum absolute atomic E-state index is 0.0213. The van der Waals surface area contributed by atoms with E-state index in [4.69, 9.17) is 0 Å². The van der Waals surface area contributed by atoms with E-state index in [0.29, 0.717) is 11.3 Å². The molecule has 0 spiro atoms. The number of benzene rings is 1. The molecule has 2 heterocycles. The second kappa shape index (κ2) is 5.60. The molecule has 23 heavy (non-hydrogen) atoms. The van der Waals surface area contributed by atoms with Crippen LogP contribution >= 0.6 is 0 Å². The number of aromatic carboxylic acids is 1. The average molecular weight is 312 g/mol. The molecule has 0 aliphatic rings. The highest BCUT2D eigenvalue weighted by atomic mass is 19.1. The van der Waals surface area contributed by atoms with Crippen molar-refractivity contribution in [3.05, 3.63) is 59.2 Å². The van der Waals surface area contributed by atoms with Gasteiger partial charge in [0.1, 0.15) is 11.5 Å². The Morgan fingerprint density at radius 1 is 1.22 bits per heavy atom. The quantitative estimate of drug-likeness (QED) is 0.736. The van der Waals surface area contributed by atoms with Crippen LogP contribution in [0.5, 0.6) is 0 Å². The van der Waals surface area contributed by atoms with E-state index in [0.717, 1.165) is 17.3 Å². The zero-order valence-corrected chi connectivity index (χ0v) is 12.5. The van der Waals surface area contributed by atoms with Gasteiger partial charge in [-0.3, -0.25) is 4.40 Å². The molecule has 3 rings (SSSR count). The molecule has 0 atom stereocenters. The summed E-state index contributed by atoms with van der Waals surface area (Å²) in [5.74, 6) is -1.79. The smallest absolute Gasteiger partial charge is 0.358 e. The van der Waals surface area contributed by atoms with Crippen molar-refractivity contribution >= 4 is 23.1 Å². The third-order valence-corrected chi connectivity index (χ3v) is 3.36. The van der Waals surface area contributed by atoms with Gasteiger partial charge in [0.05, 0.1) is 5.69 Å². The molecule has 0 fully saturated rings. The monoisotopic (exact) mass is 312 g/mol. The number of rotatable bonds is 3. The fraction of sp³-hybridized carbons (Fsp3) is 0.125. The van der Waals surface area contributed by atoms with Crippen molar-refractivity contribution in [1.82, 2.24) is 9.38 Å². The fourth-order valence-electron chi connectivity index (χ4n) is 2.26. The summed E-state index contributed by atoms with van der Waals surface area (Å²) in [7, 11) is 0. The van der Waals surface area contributed by atoms with Crippen molar-refractivity contribution in [1.29, 1.82) is 0 Å². The van der Waals surface area contributed by atoms with Gasteiger partial charge in [-0.2, -0.15) is 0 Å². The summed E-state index contributed by atoms with van der Waals surface area (Å²) in [6.45, 7) is 3.84. The Morgan fingerprint density at radius 3 is 2.70 bits per heavy atom. The summed E-state index contributed by atoms with van der Waals surface area (Å²) in [5, 5.41) is 17.3. The van der Waals surface area contributed by atoms with E-state index >= 15 is 0 Å². The van der Waals surface area contributed by atoms with E-state index in [1.807, 2.05) is 26.0 Å². The van der Waals surface area contributed by atoms with Crippen LogP contribution in [-0.2, 0) is 0 Å². The van der Waals surface area contributed by atoms with Crippen molar-refractivity contribution in [2.45, 2.75) is 13.8 Å². The Kier molecular flexibility index (Phi) is 3.61. The van der Waals surface area contributed by atoms with Crippen LogP contribution in [0.4, 0.5) is 15.9 Å². The highest BCUT2D eigenvalue weighted by Crippen LogP contribution is 2.26. The van der Waals surface area contributed by atoms with Gasteiger partial charge in [0.2, 0.25) is 0 Å². The van der Waals surface area contributed by atoms with Crippen molar-refractivity contribution in [3.8, 4) is 0 Å². The largest absolute Gasteiger partial charge is 0.476 e. The minimum Gasteiger partial charge on any atom is -0.476 e. The maximum atomic E-state index is 13.4. The molecule has 0 aliphatic heterocycles. The molecule has 0 unspecified atom stereocenters. The zero-order chi connectivity index (χ0) is 16.6. The van der Waals surface area contributed by atoms with Crippen LogP contribution in [0.25, 0.3) is 5.65 Å². The predicted molar refractivity (Wildman–Crippen MR) is 82.2 cm³/mol. The first kappa shape index (κ1) is 14.8. The summed E-state index contributed by atoms with van der Waals surface area (Å²) in [5.41, 5.74) is 2.62. The number of aryl methyl sites for hydroxylation is 2. The lowest BCUT2D eigenvalue weighted by Crippen LogP contribution is -1.96. The third-order valence-electron chi connectivity index (χ3n) is 3.36. The summed E-state index contributed by atoms with van der Waals surface area (Å²) in [6.07, 6.45) is 1.13. The number of hydrogen-bond donors (Lipinski definition) is 1. The van der Waals surface area contributed by atoms with Crippen LogP contribution in [0.15, 0.2) is 46.8 Å². The van der Waals surface area contributed by atoms with Gasteiger partial charge in [0.25, 0.3) is 0 Å². The van der Waals surface area contributed by atoms with Gasteiger partial charge in [-0.15, -0.1) is 10.2 Å². The Bertz CT molecular complexity index is 947. The van der Waals surface area contributed by atoms with Gasteiger partial charge >= 0.3 is 5.97 Å². The number of halogens is 1. The first-order valence-corrected chi connectivity index (χ1v) is 6.85. The van der Waals surface area contributed by atoms with E-state index in [9.17, 15) is 14.3 Å². The Balaban J connectivity index is 2.14. The number of carboxylic acids is 1. The van der Waals surface area contributed by atoms with E-state index in [1.165, 1.54) is 16.5 Å². The molecular formula is C16H13FN4O2. The number of hydrogen-bond acceptors (Lipinski definition) is 4. The number of pyridine rings is 1. The van der Waals surface area contributed by atoms with E-state index in [-0.39, 0.29) is 11.5 Å². The number of carbonyl (C=O) groups is 1. The fourth-order valence-corrected chi connectivity index (χ4v) is 2.26. The first-order chi connectivity index (χ1) is 11.0. The highest BCUT2D eigenvalue weighted by Gasteiger charge is 2.18. The SMILES string of the molecule is Cc1ccc(N=Nc2c(C(=O)O)nc3ccc(F)cn23)c(C)c1. The van der Waals surface area contributed by atoms with Gasteiger partial charge in [0, 0.05) is 6.20 Å². The van der Waals surface area contributed by atoms with E-state index in [1.54, 1.807) is 6.07 Å². The van der Waals surface area contributed by atoms with Crippen LogP contribution < -0.4 is 0 Å². The number of aromatic nitrogens is 2. The molecule has 3 aromatic rings. The molecule has 0 bridgehead atoms. The Hall–Kier alpha value is -3.09. The predicted octanol–water partition coefficient (Wildman–Crippen LogP) is 4.20. The molecule has 0 saturated carbocycles. The molecule has 0 radical (unpaired) electrons. The molecule has 7 heteroatoms. The lowest BCUT2D eigenvalue weighted by Gasteiger charge is -2.00. The molecule has 116 valence electrons. The van der Waals surface area contributed by atoms with Crippen molar-refractivity contribution in [3.63, 3.8) is 0 Å². The Labute approximate surface area is 130 Å². The van der Waals surface area contributed by atoms with Gasteiger partial charge in [-0.25, -0.2) is 14.2 Å². The molecule has 1 N–H and O–H groups in total. The molecular weight excluding hydrogens is 299 g/mol. The molecule has 0 saturated heterocycles. The topological polar surface area (TPSA) is 79.3 Å². The van der Waals surface area contributed by atoms with Gasteiger partial charge < -0.3 is 5.11 Å². The van der Waals surface area contributed by atoms with Crippen LogP contribution in [0.2, 0.25) is 0 Å². The molecule has 6 nitrogen and oxygen atoms in total. The number of nitrogens with zero attached hydrogens (tertiary/aromatic N) is 4. The van der Waals surface area contributed by atoms with E-state index < -0.39 is 11.8 Å². The Morgan fingerprint density at radius 2 is 2.00 bits per heavy atom. The summed E-state index contributed by atoms with van der Waals surface area (Å²) < 4.78 is 14.7. The second-order valence-corrected chi connectivity index (χ2v) is 5.15.